The number of amides is 1. The molecule has 1 amide bonds. The van der Waals surface area contributed by atoms with Gasteiger partial charge in [0.25, 0.3) is 5.91 Å². The Labute approximate surface area is 114 Å². The summed E-state index contributed by atoms with van der Waals surface area (Å²) in [5.41, 5.74) is 8.17. The van der Waals surface area contributed by atoms with Gasteiger partial charge < -0.3 is 11.1 Å². The molecule has 0 bridgehead atoms. The second kappa shape index (κ2) is 4.75. The Kier molecular flexibility index (Phi) is 3.08. The third-order valence-corrected chi connectivity index (χ3v) is 4.13. The topological polar surface area (TPSA) is 85.8 Å². The molecule has 0 saturated carbocycles. The fourth-order valence-corrected chi connectivity index (χ4v) is 3.01. The fourth-order valence-electron chi connectivity index (χ4n) is 2.36. The molecular formula is C12H15N5OS. The average molecular weight is 277 g/mol. The maximum atomic E-state index is 12.1. The summed E-state index contributed by atoms with van der Waals surface area (Å²) in [6.45, 7) is 0.360. The normalized spacial score (nSPS) is 13.6. The van der Waals surface area contributed by atoms with Crippen LogP contribution in [0.4, 0.5) is 5.82 Å². The Hall–Kier alpha value is -1.73. The highest BCUT2D eigenvalue weighted by Gasteiger charge is 2.23. The van der Waals surface area contributed by atoms with Gasteiger partial charge in [0, 0.05) is 24.5 Å². The monoisotopic (exact) mass is 277 g/mol. The highest BCUT2D eigenvalue weighted by Crippen LogP contribution is 2.28. The Morgan fingerprint density at radius 2 is 2.42 bits per heavy atom. The Morgan fingerprint density at radius 1 is 1.58 bits per heavy atom. The number of fused-ring (bicyclic) bond motifs is 1. The molecule has 100 valence electrons. The molecule has 7 heteroatoms. The lowest BCUT2D eigenvalue weighted by atomic mass is 10.2. The Morgan fingerprint density at radius 3 is 3.16 bits per heavy atom. The quantitative estimate of drug-likeness (QED) is 0.879. The van der Waals surface area contributed by atoms with Crippen molar-refractivity contribution in [2.45, 2.75) is 25.8 Å². The first-order valence-corrected chi connectivity index (χ1v) is 7.07. The lowest BCUT2D eigenvalue weighted by molar-refractivity contribution is 0.102. The number of nitrogens with zero attached hydrogens (tertiary/aromatic N) is 3. The number of rotatable bonds is 3. The van der Waals surface area contributed by atoms with Crippen molar-refractivity contribution < 1.29 is 4.79 Å². The summed E-state index contributed by atoms with van der Waals surface area (Å²) in [5, 5.41) is 9.83. The van der Waals surface area contributed by atoms with Crippen LogP contribution in [0.5, 0.6) is 0 Å². The van der Waals surface area contributed by atoms with Crippen molar-refractivity contribution in [3.63, 3.8) is 0 Å². The first kappa shape index (κ1) is 12.3. The van der Waals surface area contributed by atoms with Crippen LogP contribution in [0.15, 0.2) is 5.38 Å². The van der Waals surface area contributed by atoms with Crippen LogP contribution in [0, 0.1) is 0 Å². The van der Waals surface area contributed by atoms with Crippen LogP contribution in [0.2, 0.25) is 0 Å². The number of nitrogens with one attached hydrogen (secondary N) is 1. The first-order chi connectivity index (χ1) is 9.19. The molecular weight excluding hydrogens is 262 g/mol. The standard InChI is InChI=1S/C12H15N5OS/c1-17-11(7-3-2-4-8(7)16-17)15-12(18)9-6-19-10(5-13)14-9/h6H,2-5,13H2,1H3,(H,15,18). The second-order valence-electron chi connectivity index (χ2n) is 4.54. The van der Waals surface area contributed by atoms with Crippen LogP contribution in [0.3, 0.4) is 0 Å². The first-order valence-electron chi connectivity index (χ1n) is 6.19. The summed E-state index contributed by atoms with van der Waals surface area (Å²) in [5.74, 6) is 0.591. The SMILES string of the molecule is Cn1nc2c(c1NC(=O)c1csc(CN)n1)CCC2. The number of hydrogen-bond acceptors (Lipinski definition) is 5. The van der Waals surface area contributed by atoms with Crippen LogP contribution < -0.4 is 11.1 Å². The van der Waals surface area contributed by atoms with Crippen molar-refractivity contribution in [2.24, 2.45) is 12.8 Å². The fraction of sp³-hybridized carbons (Fsp3) is 0.417. The number of aryl methyl sites for hydroxylation is 2. The highest BCUT2D eigenvalue weighted by molar-refractivity contribution is 7.09. The molecule has 0 saturated heterocycles. The molecule has 0 fully saturated rings. The summed E-state index contributed by atoms with van der Waals surface area (Å²) < 4.78 is 1.73. The van der Waals surface area contributed by atoms with Crippen molar-refractivity contribution in [3.8, 4) is 0 Å². The maximum absolute atomic E-state index is 12.1. The van der Waals surface area contributed by atoms with Crippen LogP contribution in [0.1, 0.15) is 33.2 Å². The number of thiazole rings is 1. The molecule has 3 N–H and O–H groups in total. The minimum atomic E-state index is -0.200. The minimum absolute atomic E-state index is 0.200. The van der Waals surface area contributed by atoms with E-state index in [1.54, 1.807) is 10.1 Å². The van der Waals surface area contributed by atoms with Crippen molar-refractivity contribution in [1.82, 2.24) is 14.8 Å². The molecule has 0 unspecified atom stereocenters. The zero-order chi connectivity index (χ0) is 13.4. The number of anilines is 1. The van der Waals surface area contributed by atoms with Gasteiger partial charge in [0.2, 0.25) is 0 Å². The van der Waals surface area contributed by atoms with Gasteiger partial charge in [0.15, 0.2) is 0 Å². The molecule has 3 rings (SSSR count). The second-order valence-corrected chi connectivity index (χ2v) is 5.48. The van der Waals surface area contributed by atoms with Gasteiger partial charge in [-0.25, -0.2) is 4.98 Å². The Balaban J connectivity index is 1.83. The van der Waals surface area contributed by atoms with E-state index in [2.05, 4.69) is 15.4 Å². The predicted molar refractivity (Wildman–Crippen MR) is 73.2 cm³/mol. The van der Waals surface area contributed by atoms with E-state index in [1.807, 2.05) is 7.05 Å². The van der Waals surface area contributed by atoms with Crippen molar-refractivity contribution in [3.05, 3.63) is 27.3 Å². The average Bonchev–Trinajstić information content (AvgIpc) is 3.07. The van der Waals surface area contributed by atoms with Gasteiger partial charge in [-0.05, 0) is 19.3 Å². The number of nitrogens with two attached hydrogens (primary N) is 1. The van der Waals surface area contributed by atoms with E-state index < -0.39 is 0 Å². The lowest BCUT2D eigenvalue weighted by Crippen LogP contribution is -2.16. The molecule has 19 heavy (non-hydrogen) atoms. The van der Waals surface area contributed by atoms with E-state index in [0.29, 0.717) is 12.2 Å². The molecule has 1 aliphatic rings. The van der Waals surface area contributed by atoms with E-state index in [9.17, 15) is 4.79 Å². The van der Waals surface area contributed by atoms with E-state index in [0.717, 1.165) is 41.3 Å². The van der Waals surface area contributed by atoms with Gasteiger partial charge in [-0.15, -0.1) is 11.3 Å². The van der Waals surface area contributed by atoms with Gasteiger partial charge in [0.1, 0.15) is 16.5 Å². The molecule has 0 spiro atoms. The molecule has 2 aromatic rings. The zero-order valence-electron chi connectivity index (χ0n) is 10.6. The molecule has 0 radical (unpaired) electrons. The van der Waals surface area contributed by atoms with Crippen LogP contribution in [-0.4, -0.2) is 20.7 Å². The van der Waals surface area contributed by atoms with Gasteiger partial charge in [-0.1, -0.05) is 0 Å². The number of hydrogen-bond donors (Lipinski definition) is 2. The van der Waals surface area contributed by atoms with Crippen molar-refractivity contribution in [1.29, 1.82) is 0 Å². The molecule has 0 atom stereocenters. The summed E-state index contributed by atoms with van der Waals surface area (Å²) in [6, 6.07) is 0. The Bertz CT molecular complexity index is 630. The van der Waals surface area contributed by atoms with Crippen molar-refractivity contribution in [2.75, 3.05) is 5.32 Å². The van der Waals surface area contributed by atoms with Crippen molar-refractivity contribution >= 4 is 23.1 Å². The van der Waals surface area contributed by atoms with E-state index >= 15 is 0 Å². The highest BCUT2D eigenvalue weighted by atomic mass is 32.1. The largest absolute Gasteiger partial charge is 0.325 e. The number of carbonyl (C=O) groups is 1. The summed E-state index contributed by atoms with van der Waals surface area (Å²) >= 11 is 1.40. The number of carbonyl (C=O) groups excluding carboxylic acids is 1. The molecule has 0 aromatic carbocycles. The summed E-state index contributed by atoms with van der Waals surface area (Å²) in [6.07, 6.45) is 3.08. The maximum Gasteiger partial charge on any atom is 0.276 e. The van der Waals surface area contributed by atoms with Gasteiger partial charge in [0.05, 0.1) is 5.69 Å². The van der Waals surface area contributed by atoms with E-state index in [4.69, 9.17) is 5.73 Å². The van der Waals surface area contributed by atoms with Crippen LogP contribution in [0.25, 0.3) is 0 Å². The van der Waals surface area contributed by atoms with Crippen LogP contribution in [-0.2, 0) is 26.4 Å². The van der Waals surface area contributed by atoms with Crippen LogP contribution >= 0.6 is 11.3 Å². The summed E-state index contributed by atoms with van der Waals surface area (Å²) in [4.78, 5) is 16.3. The third kappa shape index (κ3) is 2.15. The third-order valence-electron chi connectivity index (χ3n) is 3.26. The van der Waals surface area contributed by atoms with Gasteiger partial charge in [-0.2, -0.15) is 5.10 Å². The molecule has 6 nitrogen and oxygen atoms in total. The smallest absolute Gasteiger partial charge is 0.276 e. The summed E-state index contributed by atoms with van der Waals surface area (Å²) in [7, 11) is 1.85. The van der Waals surface area contributed by atoms with Gasteiger partial charge >= 0.3 is 0 Å². The zero-order valence-corrected chi connectivity index (χ0v) is 11.5. The minimum Gasteiger partial charge on any atom is -0.325 e. The lowest BCUT2D eigenvalue weighted by Gasteiger charge is -2.05. The predicted octanol–water partition coefficient (Wildman–Crippen LogP) is 1.08. The number of aromatic nitrogens is 3. The molecule has 1 aliphatic carbocycles. The molecule has 2 aromatic heterocycles. The molecule has 2 heterocycles. The van der Waals surface area contributed by atoms with E-state index in [-0.39, 0.29) is 5.91 Å². The molecule has 0 aliphatic heterocycles. The van der Waals surface area contributed by atoms with Gasteiger partial charge in [-0.3, -0.25) is 9.48 Å². The van der Waals surface area contributed by atoms with E-state index in [1.165, 1.54) is 11.3 Å².